The Hall–Kier alpha value is -4.39. The summed E-state index contributed by atoms with van der Waals surface area (Å²) in [7, 11) is 1.41. The van der Waals surface area contributed by atoms with Gasteiger partial charge in [-0.25, -0.2) is 0 Å². The third kappa shape index (κ3) is 3.30. The molecule has 0 fully saturated rings. The molecule has 4 aromatic rings. The molecule has 0 radical (unpaired) electrons. The van der Waals surface area contributed by atoms with Crippen molar-refractivity contribution in [3.8, 4) is 40.1 Å². The molecule has 0 saturated carbocycles. The van der Waals surface area contributed by atoms with E-state index in [0.717, 1.165) is 6.07 Å². The van der Waals surface area contributed by atoms with Gasteiger partial charge in [-0.15, -0.1) is 6.58 Å². The van der Waals surface area contributed by atoms with Gasteiger partial charge in [0.1, 0.15) is 16.9 Å². The lowest BCUT2D eigenvalue weighted by atomic mass is 9.88. The maximum absolute atomic E-state index is 13.0. The molecule has 0 amide bonds. The van der Waals surface area contributed by atoms with Gasteiger partial charge in [-0.2, -0.15) is 0 Å². The van der Waals surface area contributed by atoms with Crippen LogP contribution in [0.3, 0.4) is 0 Å². The molecular formula is C25H20O7. The van der Waals surface area contributed by atoms with Crippen molar-refractivity contribution in [3.63, 3.8) is 0 Å². The molecular weight excluding hydrogens is 412 g/mol. The van der Waals surface area contributed by atoms with Crippen LogP contribution in [-0.4, -0.2) is 27.5 Å². The van der Waals surface area contributed by atoms with Crippen LogP contribution in [0.25, 0.3) is 22.3 Å². The first-order chi connectivity index (χ1) is 15.4. The average molecular weight is 432 g/mol. The second-order valence-corrected chi connectivity index (χ2v) is 7.15. The molecule has 0 aliphatic carbocycles. The predicted octanol–water partition coefficient (Wildman–Crippen LogP) is 4.61. The van der Waals surface area contributed by atoms with Gasteiger partial charge in [0.25, 0.3) is 0 Å². The Morgan fingerprint density at radius 3 is 2.34 bits per heavy atom. The number of aromatic hydroxyl groups is 4. The lowest BCUT2D eigenvalue weighted by Gasteiger charge is -2.19. The highest BCUT2D eigenvalue weighted by Crippen LogP contribution is 2.44. The number of ether oxygens (including phenoxy) is 1. The van der Waals surface area contributed by atoms with E-state index in [9.17, 15) is 25.2 Å². The minimum atomic E-state index is -0.838. The quantitative estimate of drug-likeness (QED) is 0.340. The topological polar surface area (TPSA) is 120 Å². The third-order valence-electron chi connectivity index (χ3n) is 5.28. The smallest absolute Gasteiger partial charge is 0.238 e. The summed E-state index contributed by atoms with van der Waals surface area (Å²) in [6.45, 7) is 3.84. The fourth-order valence-corrected chi connectivity index (χ4v) is 3.74. The maximum Gasteiger partial charge on any atom is 0.238 e. The molecule has 0 saturated heterocycles. The molecule has 4 rings (SSSR count). The molecule has 3 aromatic carbocycles. The second-order valence-electron chi connectivity index (χ2n) is 7.15. The minimum absolute atomic E-state index is 0.0679. The average Bonchev–Trinajstić information content (AvgIpc) is 2.79. The van der Waals surface area contributed by atoms with Crippen LogP contribution >= 0.6 is 0 Å². The summed E-state index contributed by atoms with van der Waals surface area (Å²) in [5.41, 5.74) is 0.249. The summed E-state index contributed by atoms with van der Waals surface area (Å²) < 4.78 is 11.1. The van der Waals surface area contributed by atoms with Gasteiger partial charge < -0.3 is 29.6 Å². The van der Waals surface area contributed by atoms with Crippen LogP contribution in [0.2, 0.25) is 0 Å². The van der Waals surface area contributed by atoms with E-state index in [0.29, 0.717) is 11.1 Å². The molecule has 0 unspecified atom stereocenters. The van der Waals surface area contributed by atoms with Crippen molar-refractivity contribution in [2.24, 2.45) is 0 Å². The molecule has 0 spiro atoms. The lowest BCUT2D eigenvalue weighted by molar-refractivity contribution is 0.373. The molecule has 1 atom stereocenters. The van der Waals surface area contributed by atoms with Crippen molar-refractivity contribution in [2.45, 2.75) is 5.92 Å². The number of phenols is 3. The molecule has 0 aliphatic rings. The fourth-order valence-electron chi connectivity index (χ4n) is 3.74. The molecule has 1 heterocycles. The molecule has 0 aliphatic heterocycles. The van der Waals surface area contributed by atoms with Gasteiger partial charge in [-0.3, -0.25) is 4.79 Å². The van der Waals surface area contributed by atoms with E-state index in [1.165, 1.54) is 19.3 Å². The van der Waals surface area contributed by atoms with Gasteiger partial charge in [0.2, 0.25) is 11.2 Å². The predicted molar refractivity (Wildman–Crippen MR) is 120 cm³/mol. The van der Waals surface area contributed by atoms with Crippen LogP contribution in [0.5, 0.6) is 28.7 Å². The normalized spacial score (nSPS) is 11.9. The van der Waals surface area contributed by atoms with Gasteiger partial charge >= 0.3 is 0 Å². The number of methoxy groups -OCH3 is 1. The number of hydrogen-bond donors (Lipinski definition) is 4. The largest absolute Gasteiger partial charge is 0.507 e. The lowest BCUT2D eigenvalue weighted by Crippen LogP contribution is -2.07. The van der Waals surface area contributed by atoms with E-state index >= 15 is 0 Å². The molecule has 4 N–H and O–H groups in total. The number of phenolic OH excluding ortho intramolecular Hbond substituents is 3. The number of benzene rings is 3. The first-order valence-electron chi connectivity index (χ1n) is 9.66. The van der Waals surface area contributed by atoms with Crippen LogP contribution in [-0.2, 0) is 0 Å². The number of hydrogen-bond acceptors (Lipinski definition) is 7. The van der Waals surface area contributed by atoms with Crippen LogP contribution in [0.15, 0.2) is 76.5 Å². The Bertz CT molecular complexity index is 1390. The minimum Gasteiger partial charge on any atom is -0.507 e. The first-order valence-corrected chi connectivity index (χ1v) is 9.66. The Morgan fingerprint density at radius 1 is 0.969 bits per heavy atom. The van der Waals surface area contributed by atoms with Crippen molar-refractivity contribution < 1.29 is 29.6 Å². The zero-order chi connectivity index (χ0) is 23.0. The number of allylic oxidation sites excluding steroid dienone is 1. The van der Waals surface area contributed by atoms with Crippen LogP contribution in [0.4, 0.5) is 0 Å². The van der Waals surface area contributed by atoms with Crippen LogP contribution in [0.1, 0.15) is 17.0 Å². The van der Waals surface area contributed by atoms with Crippen molar-refractivity contribution in [2.75, 3.05) is 7.11 Å². The van der Waals surface area contributed by atoms with Gasteiger partial charge in [0.05, 0.1) is 7.11 Å². The fraction of sp³-hybridized carbons (Fsp3) is 0.0800. The van der Waals surface area contributed by atoms with Gasteiger partial charge in [-0.05, 0) is 17.7 Å². The highest BCUT2D eigenvalue weighted by molar-refractivity contribution is 5.92. The summed E-state index contributed by atoms with van der Waals surface area (Å²) in [6.07, 6.45) is 1.52. The summed E-state index contributed by atoms with van der Waals surface area (Å²) in [5, 5.41) is 41.3. The van der Waals surface area contributed by atoms with Crippen LogP contribution in [0, 0.1) is 0 Å². The van der Waals surface area contributed by atoms with Crippen molar-refractivity contribution >= 4 is 11.0 Å². The molecule has 162 valence electrons. The number of rotatable bonds is 5. The maximum atomic E-state index is 13.0. The Kier molecular flexibility index (Phi) is 5.24. The summed E-state index contributed by atoms with van der Waals surface area (Å²) in [4.78, 5) is 13.0. The van der Waals surface area contributed by atoms with Crippen molar-refractivity contribution in [3.05, 3.63) is 88.6 Å². The summed E-state index contributed by atoms with van der Waals surface area (Å²) >= 11 is 0. The van der Waals surface area contributed by atoms with E-state index in [2.05, 4.69) is 6.58 Å². The second kappa shape index (κ2) is 8.03. The highest BCUT2D eigenvalue weighted by Gasteiger charge is 2.27. The highest BCUT2D eigenvalue weighted by atomic mass is 16.5. The van der Waals surface area contributed by atoms with E-state index in [1.807, 2.05) is 0 Å². The van der Waals surface area contributed by atoms with E-state index < -0.39 is 22.8 Å². The molecule has 32 heavy (non-hydrogen) atoms. The monoisotopic (exact) mass is 432 g/mol. The molecule has 7 heteroatoms. The van der Waals surface area contributed by atoms with Crippen LogP contribution < -0.4 is 10.2 Å². The standard InChI is InChI=1S/C25H20O7/c1-3-15(14-9-10-16(26)19(11-14)31-2)20-17(27)12-18(28)21-22(29)23(30)24(32-25(20)21)13-7-5-4-6-8-13/h3-12,15,26-28,30H,1H2,2H3/t15-/m0/s1. The Balaban J connectivity index is 2.08. The summed E-state index contributed by atoms with van der Waals surface area (Å²) in [6, 6.07) is 14.1. The van der Waals surface area contributed by atoms with E-state index in [-0.39, 0.29) is 39.5 Å². The van der Waals surface area contributed by atoms with Gasteiger partial charge in [0.15, 0.2) is 22.8 Å². The molecule has 1 aromatic heterocycles. The van der Waals surface area contributed by atoms with Crippen molar-refractivity contribution in [1.29, 1.82) is 0 Å². The third-order valence-corrected chi connectivity index (χ3v) is 5.28. The Labute approximate surface area is 182 Å². The molecule has 7 nitrogen and oxygen atoms in total. The number of fused-ring (bicyclic) bond motifs is 1. The van der Waals surface area contributed by atoms with Gasteiger partial charge in [0, 0.05) is 23.1 Å². The SMILES string of the molecule is C=C[C@@H](c1ccc(O)c(OC)c1)c1c(O)cc(O)c2c(=O)c(O)c(-c3ccccc3)oc12. The first kappa shape index (κ1) is 20.9. The van der Waals surface area contributed by atoms with Gasteiger partial charge in [-0.1, -0.05) is 42.5 Å². The Morgan fingerprint density at radius 2 is 1.69 bits per heavy atom. The zero-order valence-electron chi connectivity index (χ0n) is 17.1. The summed E-state index contributed by atoms with van der Waals surface area (Å²) in [5.74, 6) is -2.18. The molecule has 0 bridgehead atoms. The van der Waals surface area contributed by atoms with E-state index in [1.54, 1.807) is 42.5 Å². The van der Waals surface area contributed by atoms with E-state index in [4.69, 9.17) is 9.15 Å². The van der Waals surface area contributed by atoms with Crippen molar-refractivity contribution in [1.82, 2.24) is 0 Å². The zero-order valence-corrected chi connectivity index (χ0v) is 17.1.